The topological polar surface area (TPSA) is 59.2 Å². The first-order valence-corrected chi connectivity index (χ1v) is 7.09. The molecule has 2 N–H and O–H groups in total. The summed E-state index contributed by atoms with van der Waals surface area (Å²) in [5.74, 6) is 0.00456. The van der Waals surface area contributed by atoms with Gasteiger partial charge < -0.3 is 10.6 Å². The van der Waals surface area contributed by atoms with Gasteiger partial charge in [0, 0.05) is 24.5 Å². The number of hydrogen-bond acceptors (Lipinski definition) is 3. The van der Waals surface area contributed by atoms with E-state index in [2.05, 4.69) is 4.98 Å². The number of hydrogen-bond donors (Lipinski definition) is 1. The lowest BCUT2D eigenvalue weighted by Gasteiger charge is -2.22. The van der Waals surface area contributed by atoms with E-state index in [0.29, 0.717) is 24.3 Å². The number of aryl methyl sites for hydroxylation is 2. The molecule has 0 aliphatic rings. The predicted molar refractivity (Wildman–Crippen MR) is 85.0 cm³/mol. The highest BCUT2D eigenvalue weighted by Crippen LogP contribution is 2.14. The zero-order valence-electron chi connectivity index (χ0n) is 12.8. The average molecular weight is 283 g/mol. The summed E-state index contributed by atoms with van der Waals surface area (Å²) in [6.45, 7) is 6.95. The van der Waals surface area contributed by atoms with Crippen LogP contribution in [0.4, 0.5) is 5.69 Å². The summed E-state index contributed by atoms with van der Waals surface area (Å²) in [5.41, 5.74) is 9.88. The van der Waals surface area contributed by atoms with Gasteiger partial charge in [0.15, 0.2) is 0 Å². The molecule has 0 saturated heterocycles. The molecule has 2 aromatic rings. The Morgan fingerprint density at radius 1 is 1.24 bits per heavy atom. The second-order valence-corrected chi connectivity index (χ2v) is 5.15. The van der Waals surface area contributed by atoms with Crippen molar-refractivity contribution >= 4 is 11.6 Å². The SMILES string of the molecule is CCN(Cc1cccc(N)c1)C(=O)c1ccc(C)nc1C. The minimum absolute atomic E-state index is 0.00456. The largest absolute Gasteiger partial charge is 0.399 e. The zero-order chi connectivity index (χ0) is 15.4. The van der Waals surface area contributed by atoms with E-state index in [-0.39, 0.29) is 5.91 Å². The van der Waals surface area contributed by atoms with Gasteiger partial charge in [0.2, 0.25) is 0 Å². The first-order chi connectivity index (χ1) is 10.0. The predicted octanol–water partition coefficient (Wildman–Crippen LogP) is 2.94. The fourth-order valence-corrected chi connectivity index (χ4v) is 2.32. The maximum absolute atomic E-state index is 12.7. The fraction of sp³-hybridized carbons (Fsp3) is 0.294. The van der Waals surface area contributed by atoms with Crippen molar-refractivity contribution in [1.29, 1.82) is 0 Å². The second kappa shape index (κ2) is 6.39. The molecule has 2 rings (SSSR count). The van der Waals surface area contributed by atoms with Crippen molar-refractivity contribution in [2.45, 2.75) is 27.3 Å². The number of amides is 1. The summed E-state index contributed by atoms with van der Waals surface area (Å²) >= 11 is 0. The number of benzene rings is 1. The highest BCUT2D eigenvalue weighted by Gasteiger charge is 2.17. The number of carbonyl (C=O) groups is 1. The lowest BCUT2D eigenvalue weighted by atomic mass is 10.1. The smallest absolute Gasteiger partial charge is 0.255 e. The molecule has 0 bridgehead atoms. The molecule has 21 heavy (non-hydrogen) atoms. The van der Waals surface area contributed by atoms with E-state index in [1.165, 1.54) is 0 Å². The number of anilines is 1. The van der Waals surface area contributed by atoms with Gasteiger partial charge in [0.25, 0.3) is 5.91 Å². The van der Waals surface area contributed by atoms with Gasteiger partial charge in [-0.15, -0.1) is 0 Å². The Balaban J connectivity index is 2.22. The molecule has 0 unspecified atom stereocenters. The molecular formula is C17H21N3O. The summed E-state index contributed by atoms with van der Waals surface area (Å²) in [5, 5.41) is 0. The molecule has 1 aromatic carbocycles. The van der Waals surface area contributed by atoms with E-state index >= 15 is 0 Å². The van der Waals surface area contributed by atoms with Gasteiger partial charge in [0.1, 0.15) is 0 Å². The normalized spacial score (nSPS) is 10.4. The minimum atomic E-state index is 0.00456. The third-order valence-electron chi connectivity index (χ3n) is 3.45. The van der Waals surface area contributed by atoms with Gasteiger partial charge in [-0.05, 0) is 50.6 Å². The number of pyridine rings is 1. The number of aromatic nitrogens is 1. The molecule has 4 nitrogen and oxygen atoms in total. The van der Waals surface area contributed by atoms with Gasteiger partial charge in [-0.1, -0.05) is 12.1 Å². The summed E-state index contributed by atoms with van der Waals surface area (Å²) in [4.78, 5) is 18.8. The molecule has 0 atom stereocenters. The lowest BCUT2D eigenvalue weighted by molar-refractivity contribution is 0.0751. The Bertz CT molecular complexity index is 652. The van der Waals surface area contributed by atoms with E-state index < -0.39 is 0 Å². The number of carbonyl (C=O) groups excluding carboxylic acids is 1. The van der Waals surface area contributed by atoms with Crippen LogP contribution in [0.5, 0.6) is 0 Å². The number of rotatable bonds is 4. The molecular weight excluding hydrogens is 262 g/mol. The van der Waals surface area contributed by atoms with Crippen LogP contribution in [0.2, 0.25) is 0 Å². The number of nitrogens with zero attached hydrogens (tertiary/aromatic N) is 2. The van der Waals surface area contributed by atoms with Crippen molar-refractivity contribution in [3.63, 3.8) is 0 Å². The summed E-state index contributed by atoms with van der Waals surface area (Å²) in [6, 6.07) is 11.3. The van der Waals surface area contributed by atoms with Crippen LogP contribution in [-0.2, 0) is 6.54 Å². The van der Waals surface area contributed by atoms with Crippen molar-refractivity contribution in [1.82, 2.24) is 9.88 Å². The first-order valence-electron chi connectivity index (χ1n) is 7.09. The first kappa shape index (κ1) is 15.0. The van der Waals surface area contributed by atoms with Crippen LogP contribution < -0.4 is 5.73 Å². The van der Waals surface area contributed by atoms with E-state index in [1.54, 1.807) is 4.90 Å². The number of nitrogens with two attached hydrogens (primary N) is 1. The van der Waals surface area contributed by atoms with E-state index in [9.17, 15) is 4.79 Å². The Hall–Kier alpha value is -2.36. The van der Waals surface area contributed by atoms with Crippen LogP contribution in [0.1, 0.15) is 34.2 Å². The fourth-order valence-electron chi connectivity index (χ4n) is 2.32. The maximum Gasteiger partial charge on any atom is 0.255 e. The molecule has 4 heteroatoms. The molecule has 0 radical (unpaired) electrons. The monoisotopic (exact) mass is 283 g/mol. The van der Waals surface area contributed by atoms with Gasteiger partial charge in [-0.2, -0.15) is 0 Å². The van der Waals surface area contributed by atoms with Crippen LogP contribution in [0.3, 0.4) is 0 Å². The Morgan fingerprint density at radius 3 is 2.62 bits per heavy atom. The molecule has 110 valence electrons. The zero-order valence-corrected chi connectivity index (χ0v) is 12.8. The highest BCUT2D eigenvalue weighted by molar-refractivity contribution is 5.95. The Kier molecular flexibility index (Phi) is 4.58. The van der Waals surface area contributed by atoms with Crippen LogP contribution in [0.15, 0.2) is 36.4 Å². The molecule has 1 heterocycles. The molecule has 0 fully saturated rings. The maximum atomic E-state index is 12.7. The van der Waals surface area contributed by atoms with E-state index in [4.69, 9.17) is 5.73 Å². The minimum Gasteiger partial charge on any atom is -0.399 e. The average Bonchev–Trinajstić information content (AvgIpc) is 2.44. The van der Waals surface area contributed by atoms with Gasteiger partial charge in [-0.3, -0.25) is 9.78 Å². The van der Waals surface area contributed by atoms with Crippen LogP contribution >= 0.6 is 0 Å². The molecule has 0 spiro atoms. The molecule has 1 aromatic heterocycles. The van der Waals surface area contributed by atoms with Crippen molar-refractivity contribution in [3.05, 3.63) is 58.9 Å². The molecule has 0 saturated carbocycles. The quantitative estimate of drug-likeness (QED) is 0.878. The van der Waals surface area contributed by atoms with Crippen LogP contribution in [-0.4, -0.2) is 22.3 Å². The Morgan fingerprint density at radius 2 is 2.00 bits per heavy atom. The third kappa shape index (κ3) is 3.60. The summed E-state index contributed by atoms with van der Waals surface area (Å²) < 4.78 is 0. The van der Waals surface area contributed by atoms with Crippen molar-refractivity contribution in [2.24, 2.45) is 0 Å². The molecule has 1 amide bonds. The summed E-state index contributed by atoms with van der Waals surface area (Å²) in [7, 11) is 0. The van der Waals surface area contributed by atoms with Gasteiger partial charge in [-0.25, -0.2) is 0 Å². The van der Waals surface area contributed by atoms with E-state index in [0.717, 1.165) is 17.0 Å². The van der Waals surface area contributed by atoms with Crippen molar-refractivity contribution in [2.75, 3.05) is 12.3 Å². The molecule has 0 aliphatic carbocycles. The Labute approximate surface area is 125 Å². The van der Waals surface area contributed by atoms with Crippen LogP contribution in [0.25, 0.3) is 0 Å². The van der Waals surface area contributed by atoms with Gasteiger partial charge >= 0.3 is 0 Å². The standard InChI is InChI=1S/C17H21N3O/c1-4-20(11-14-6-5-7-15(18)10-14)17(21)16-9-8-12(2)19-13(16)3/h5-10H,4,11,18H2,1-3H3. The van der Waals surface area contributed by atoms with Crippen molar-refractivity contribution in [3.8, 4) is 0 Å². The van der Waals surface area contributed by atoms with Crippen molar-refractivity contribution < 1.29 is 4.79 Å². The lowest BCUT2D eigenvalue weighted by Crippen LogP contribution is -2.31. The second-order valence-electron chi connectivity index (χ2n) is 5.15. The van der Waals surface area contributed by atoms with Crippen LogP contribution in [0, 0.1) is 13.8 Å². The van der Waals surface area contributed by atoms with E-state index in [1.807, 2.05) is 57.2 Å². The highest BCUT2D eigenvalue weighted by atomic mass is 16.2. The third-order valence-corrected chi connectivity index (χ3v) is 3.45. The summed E-state index contributed by atoms with van der Waals surface area (Å²) in [6.07, 6.45) is 0. The molecule has 0 aliphatic heterocycles. The number of nitrogen functional groups attached to an aromatic ring is 1. The van der Waals surface area contributed by atoms with Gasteiger partial charge in [0.05, 0.1) is 11.3 Å².